The van der Waals surface area contributed by atoms with Gasteiger partial charge in [-0.15, -0.1) is 0 Å². The maximum Gasteiger partial charge on any atom is 0.306 e. The highest BCUT2D eigenvalue weighted by atomic mass is 28.4. The van der Waals surface area contributed by atoms with Crippen LogP contribution in [0.15, 0.2) is 0 Å². The SMILES string of the molecule is CC[Si](CC)(CC)OC(C[C@H]1O[C@H]1C[C@H](CO[Si](C)(C)C(C)(C)C)O[Si](C)(C)C(C)(C)C)C1OC(=O)C[C@@H]1C. The van der Waals surface area contributed by atoms with E-state index in [4.69, 9.17) is 22.8 Å². The summed E-state index contributed by atoms with van der Waals surface area (Å²) in [5, 5.41) is 0.281. The van der Waals surface area contributed by atoms with Crippen LogP contribution in [0.5, 0.6) is 0 Å². The third-order valence-electron chi connectivity index (χ3n) is 10.4. The average Bonchev–Trinajstić information content (AvgIpc) is 3.44. The molecule has 0 bridgehead atoms. The molecule has 0 N–H and O–H groups in total. The molecule has 2 aliphatic heterocycles. The number of rotatable bonds is 15. The minimum absolute atomic E-state index is 0.00741. The van der Waals surface area contributed by atoms with Gasteiger partial charge in [0.15, 0.2) is 25.0 Å². The zero-order valence-corrected chi connectivity index (χ0v) is 30.9. The molecule has 0 spiro atoms. The molecular weight excluding hydrogens is 541 g/mol. The van der Waals surface area contributed by atoms with E-state index in [2.05, 4.69) is 95.4 Å². The summed E-state index contributed by atoms with van der Waals surface area (Å²) in [4.78, 5) is 12.2. The molecule has 2 saturated heterocycles. The molecule has 0 aromatic heterocycles. The van der Waals surface area contributed by atoms with Crippen LogP contribution in [0.1, 0.15) is 88.5 Å². The van der Waals surface area contributed by atoms with Crippen molar-refractivity contribution in [3.8, 4) is 0 Å². The summed E-state index contributed by atoms with van der Waals surface area (Å²) < 4.78 is 32.7. The lowest BCUT2D eigenvalue weighted by Crippen LogP contribution is -2.48. The number of hydrogen-bond acceptors (Lipinski definition) is 6. The molecule has 2 unspecified atom stereocenters. The summed E-state index contributed by atoms with van der Waals surface area (Å²) in [5.74, 6) is 0.0707. The maximum absolute atomic E-state index is 12.2. The summed E-state index contributed by atoms with van der Waals surface area (Å²) in [6, 6.07) is 3.23. The Balaban J connectivity index is 2.17. The van der Waals surface area contributed by atoms with Crippen LogP contribution >= 0.6 is 0 Å². The molecule has 0 saturated carbocycles. The van der Waals surface area contributed by atoms with E-state index in [9.17, 15) is 4.79 Å². The number of cyclic esters (lactones) is 1. The lowest BCUT2D eigenvalue weighted by Gasteiger charge is -2.41. The maximum atomic E-state index is 12.2. The second-order valence-electron chi connectivity index (χ2n) is 15.3. The second kappa shape index (κ2) is 13.1. The third kappa shape index (κ3) is 9.22. The first-order valence-corrected chi connectivity index (χ1v) is 23.9. The van der Waals surface area contributed by atoms with Crippen LogP contribution in [-0.2, 0) is 27.5 Å². The van der Waals surface area contributed by atoms with Crippen molar-refractivity contribution in [2.24, 2.45) is 5.92 Å². The fourth-order valence-corrected chi connectivity index (χ4v) is 10.3. The van der Waals surface area contributed by atoms with Crippen LogP contribution in [-0.4, -0.2) is 68.0 Å². The van der Waals surface area contributed by atoms with E-state index in [1.54, 1.807) is 0 Å². The summed E-state index contributed by atoms with van der Waals surface area (Å²) in [7, 11) is -5.77. The van der Waals surface area contributed by atoms with Crippen LogP contribution in [0.25, 0.3) is 0 Å². The third-order valence-corrected chi connectivity index (χ3v) is 24.1. The highest BCUT2D eigenvalue weighted by Crippen LogP contribution is 2.42. The minimum atomic E-state index is -1.98. The Kier molecular flexibility index (Phi) is 11.8. The zero-order chi connectivity index (χ0) is 30.0. The largest absolute Gasteiger partial charge is 0.459 e. The first-order chi connectivity index (χ1) is 17.7. The first kappa shape index (κ1) is 35.2. The molecule has 2 heterocycles. The van der Waals surface area contributed by atoms with Gasteiger partial charge in [0.05, 0.1) is 37.4 Å². The molecule has 6 atom stereocenters. The van der Waals surface area contributed by atoms with Crippen LogP contribution < -0.4 is 0 Å². The minimum Gasteiger partial charge on any atom is -0.459 e. The van der Waals surface area contributed by atoms with Gasteiger partial charge in [-0.05, 0) is 54.4 Å². The van der Waals surface area contributed by atoms with Gasteiger partial charge >= 0.3 is 5.97 Å². The Labute approximate surface area is 244 Å². The Hall–Kier alpha value is -0.0394. The van der Waals surface area contributed by atoms with Gasteiger partial charge in [0, 0.05) is 18.8 Å². The topological polar surface area (TPSA) is 66.5 Å². The average molecular weight is 603 g/mol. The van der Waals surface area contributed by atoms with Gasteiger partial charge in [-0.3, -0.25) is 4.79 Å². The quantitative estimate of drug-likeness (QED) is 0.107. The Morgan fingerprint density at radius 3 is 1.79 bits per heavy atom. The molecular formula is C30H62O6Si3. The molecule has 0 aliphatic carbocycles. The lowest BCUT2D eigenvalue weighted by atomic mass is 9.95. The Morgan fingerprint density at radius 1 is 0.846 bits per heavy atom. The molecule has 0 aromatic carbocycles. The molecule has 2 aliphatic rings. The first-order valence-electron chi connectivity index (χ1n) is 15.6. The van der Waals surface area contributed by atoms with E-state index < -0.39 is 25.0 Å². The summed E-state index contributed by atoms with van der Waals surface area (Å²) in [5.41, 5.74) is 0. The van der Waals surface area contributed by atoms with Crippen molar-refractivity contribution >= 4 is 30.9 Å². The Bertz CT molecular complexity index is 791. The molecule has 0 radical (unpaired) electrons. The standard InChI is InChI=1S/C30H62O6Si3/c1-15-39(16-2,17-3)36-26(28-22(4)18-27(31)34-28)20-25-24(33-25)19-23(35-38(13,14)30(8,9)10)21-32-37(11,12)29(5,6)7/h22-26,28H,15-21H2,1-14H3/t22-,23+,24-,25+,26?,28?/m0/s1. The van der Waals surface area contributed by atoms with Gasteiger partial charge in [0.1, 0.15) is 6.10 Å². The van der Waals surface area contributed by atoms with Crippen molar-refractivity contribution in [1.82, 2.24) is 0 Å². The van der Waals surface area contributed by atoms with Gasteiger partial charge in [0.25, 0.3) is 0 Å². The van der Waals surface area contributed by atoms with Crippen molar-refractivity contribution in [2.75, 3.05) is 6.61 Å². The van der Waals surface area contributed by atoms with Crippen molar-refractivity contribution in [3.63, 3.8) is 0 Å². The van der Waals surface area contributed by atoms with E-state index in [0.29, 0.717) is 13.0 Å². The van der Waals surface area contributed by atoms with E-state index >= 15 is 0 Å². The fraction of sp³-hybridized carbons (Fsp3) is 0.967. The fourth-order valence-electron chi connectivity index (χ4n) is 5.05. The van der Waals surface area contributed by atoms with E-state index in [0.717, 1.165) is 31.0 Å². The highest BCUT2D eigenvalue weighted by molar-refractivity contribution is 6.75. The van der Waals surface area contributed by atoms with Crippen LogP contribution in [0, 0.1) is 5.92 Å². The van der Waals surface area contributed by atoms with Gasteiger partial charge in [-0.2, -0.15) is 0 Å². The normalized spacial score (nSPS) is 26.5. The summed E-state index contributed by atoms with van der Waals surface area (Å²) in [6.45, 7) is 32.5. The number of carbonyl (C=O) groups excluding carboxylic acids is 1. The molecule has 2 fully saturated rings. The molecule has 0 aromatic rings. The smallest absolute Gasteiger partial charge is 0.306 e. The van der Waals surface area contributed by atoms with Crippen molar-refractivity contribution in [2.45, 2.75) is 173 Å². The summed E-state index contributed by atoms with van der Waals surface area (Å²) in [6.07, 6.45) is 2.04. The molecule has 9 heteroatoms. The molecule has 230 valence electrons. The highest BCUT2D eigenvalue weighted by Gasteiger charge is 2.50. The van der Waals surface area contributed by atoms with Crippen molar-refractivity contribution < 1.29 is 27.5 Å². The van der Waals surface area contributed by atoms with Gasteiger partial charge in [-0.25, -0.2) is 0 Å². The van der Waals surface area contributed by atoms with E-state index in [-0.39, 0.29) is 52.5 Å². The molecule has 2 rings (SSSR count). The predicted octanol–water partition coefficient (Wildman–Crippen LogP) is 8.29. The molecule has 6 nitrogen and oxygen atoms in total. The lowest BCUT2D eigenvalue weighted by molar-refractivity contribution is -0.145. The van der Waals surface area contributed by atoms with Crippen molar-refractivity contribution in [1.29, 1.82) is 0 Å². The number of ether oxygens (including phenoxy) is 2. The molecule has 39 heavy (non-hydrogen) atoms. The molecule has 0 amide bonds. The van der Waals surface area contributed by atoms with E-state index in [1.807, 2.05) is 0 Å². The second-order valence-corrected chi connectivity index (χ2v) is 29.6. The summed E-state index contributed by atoms with van der Waals surface area (Å²) >= 11 is 0. The van der Waals surface area contributed by atoms with Crippen LogP contribution in [0.3, 0.4) is 0 Å². The predicted molar refractivity (Wildman–Crippen MR) is 169 cm³/mol. The monoisotopic (exact) mass is 602 g/mol. The van der Waals surface area contributed by atoms with Crippen LogP contribution in [0.4, 0.5) is 0 Å². The van der Waals surface area contributed by atoms with E-state index in [1.165, 1.54) is 0 Å². The van der Waals surface area contributed by atoms with Gasteiger partial charge < -0.3 is 22.8 Å². The number of hydrogen-bond donors (Lipinski definition) is 0. The van der Waals surface area contributed by atoms with Gasteiger partial charge in [0.2, 0.25) is 0 Å². The van der Waals surface area contributed by atoms with Crippen molar-refractivity contribution in [3.05, 3.63) is 0 Å². The number of epoxide rings is 1. The number of esters is 1. The van der Waals surface area contributed by atoms with Gasteiger partial charge in [-0.1, -0.05) is 69.2 Å². The van der Waals surface area contributed by atoms with Crippen LogP contribution in [0.2, 0.25) is 54.4 Å². The number of carbonyl (C=O) groups is 1. The zero-order valence-electron chi connectivity index (χ0n) is 27.9. The Morgan fingerprint density at radius 2 is 1.36 bits per heavy atom.